The second kappa shape index (κ2) is 8.26. The number of nitrogens with zero attached hydrogens (tertiary/aromatic N) is 1. The van der Waals surface area contributed by atoms with Crippen LogP contribution in [0.1, 0.15) is 17.5 Å². The van der Waals surface area contributed by atoms with Crippen molar-refractivity contribution in [3.8, 4) is 0 Å². The molecule has 134 valence electrons. The highest BCUT2D eigenvalue weighted by atomic mass is 35.5. The normalized spacial score (nSPS) is 17.8. The van der Waals surface area contributed by atoms with E-state index in [1.165, 1.54) is 0 Å². The van der Waals surface area contributed by atoms with E-state index in [4.69, 9.17) is 4.74 Å². The highest BCUT2D eigenvalue weighted by molar-refractivity contribution is 7.89. The first kappa shape index (κ1) is 19.1. The van der Waals surface area contributed by atoms with E-state index in [0.29, 0.717) is 26.3 Å². The van der Waals surface area contributed by atoms with Crippen molar-refractivity contribution < 1.29 is 17.9 Å². The number of benzene rings is 1. The summed E-state index contributed by atoms with van der Waals surface area (Å²) in [5.41, 5.74) is 1.90. The van der Waals surface area contributed by atoms with Crippen LogP contribution in [-0.4, -0.2) is 51.9 Å². The molecule has 24 heavy (non-hydrogen) atoms. The Kier molecular flexibility index (Phi) is 6.59. The van der Waals surface area contributed by atoms with Crippen molar-refractivity contribution in [1.82, 2.24) is 14.9 Å². The molecule has 1 fully saturated rings. The molecular weight excluding hydrogens is 354 g/mol. The van der Waals surface area contributed by atoms with Gasteiger partial charge in [0.05, 0.1) is 24.7 Å². The van der Waals surface area contributed by atoms with Gasteiger partial charge in [-0.15, -0.1) is 12.4 Å². The molecular formula is C15H22ClN3O4S. The van der Waals surface area contributed by atoms with Gasteiger partial charge in [0.1, 0.15) is 0 Å². The van der Waals surface area contributed by atoms with Crippen LogP contribution in [-0.2, 0) is 32.8 Å². The fourth-order valence-electron chi connectivity index (χ4n) is 2.76. The standard InChI is InChI=1S/C15H21N3O4S.ClH/c19-15(18-6-1-4-16-5-7-18)9-17-23(20,21)14-3-2-12-10-22-11-13(12)8-14;/h2-3,8,16-17H,1,4-7,9-11H2;1H. The number of sulfonamides is 1. The Balaban J connectivity index is 0.00000208. The summed E-state index contributed by atoms with van der Waals surface area (Å²) in [6.07, 6.45) is 0.878. The average molecular weight is 376 g/mol. The van der Waals surface area contributed by atoms with Crippen molar-refractivity contribution >= 4 is 28.3 Å². The number of nitrogens with one attached hydrogen (secondary N) is 2. The van der Waals surface area contributed by atoms with E-state index in [1.807, 2.05) is 0 Å². The Morgan fingerprint density at radius 3 is 2.83 bits per heavy atom. The first-order valence-electron chi connectivity index (χ1n) is 7.74. The third-order valence-electron chi connectivity index (χ3n) is 4.11. The van der Waals surface area contributed by atoms with Crippen LogP contribution in [0.4, 0.5) is 0 Å². The summed E-state index contributed by atoms with van der Waals surface area (Å²) in [6.45, 7) is 3.62. The largest absolute Gasteiger partial charge is 0.372 e. The molecule has 0 aliphatic carbocycles. The molecule has 1 aromatic rings. The lowest BCUT2D eigenvalue weighted by Gasteiger charge is -2.20. The molecule has 0 spiro atoms. The van der Waals surface area contributed by atoms with Crippen LogP contribution in [0.5, 0.6) is 0 Å². The number of fused-ring (bicyclic) bond motifs is 1. The van der Waals surface area contributed by atoms with E-state index in [9.17, 15) is 13.2 Å². The summed E-state index contributed by atoms with van der Waals surface area (Å²) in [5, 5.41) is 3.21. The monoisotopic (exact) mass is 375 g/mol. The van der Waals surface area contributed by atoms with E-state index in [0.717, 1.165) is 30.6 Å². The molecule has 9 heteroatoms. The highest BCUT2D eigenvalue weighted by Gasteiger charge is 2.21. The number of ether oxygens (including phenoxy) is 1. The van der Waals surface area contributed by atoms with Crippen molar-refractivity contribution in [1.29, 1.82) is 0 Å². The minimum atomic E-state index is -3.69. The Labute approximate surface area is 148 Å². The van der Waals surface area contributed by atoms with Crippen LogP contribution in [0.15, 0.2) is 23.1 Å². The fraction of sp³-hybridized carbons (Fsp3) is 0.533. The summed E-state index contributed by atoms with van der Waals surface area (Å²) in [5.74, 6) is -0.193. The van der Waals surface area contributed by atoms with E-state index >= 15 is 0 Å². The Morgan fingerprint density at radius 1 is 1.21 bits per heavy atom. The molecule has 2 aliphatic rings. The molecule has 0 bridgehead atoms. The van der Waals surface area contributed by atoms with Gasteiger partial charge in [-0.05, 0) is 36.2 Å². The van der Waals surface area contributed by atoms with Gasteiger partial charge in [-0.2, -0.15) is 0 Å². The highest BCUT2D eigenvalue weighted by Crippen LogP contribution is 2.22. The van der Waals surface area contributed by atoms with Crippen molar-refractivity contribution in [2.75, 3.05) is 32.7 Å². The molecule has 7 nitrogen and oxygen atoms in total. The van der Waals surface area contributed by atoms with Gasteiger partial charge >= 0.3 is 0 Å². The summed E-state index contributed by atoms with van der Waals surface area (Å²) in [4.78, 5) is 14.0. The maximum absolute atomic E-state index is 12.4. The Bertz CT molecular complexity index is 688. The van der Waals surface area contributed by atoms with Gasteiger partial charge in [-0.3, -0.25) is 4.79 Å². The summed E-state index contributed by atoms with van der Waals surface area (Å²) in [7, 11) is -3.69. The zero-order chi connectivity index (χ0) is 16.3. The third kappa shape index (κ3) is 4.46. The minimum Gasteiger partial charge on any atom is -0.372 e. The van der Waals surface area contributed by atoms with Gasteiger partial charge in [0.2, 0.25) is 15.9 Å². The van der Waals surface area contributed by atoms with Crippen LogP contribution in [0.25, 0.3) is 0 Å². The van der Waals surface area contributed by atoms with Crippen molar-refractivity contribution in [2.24, 2.45) is 0 Å². The molecule has 1 saturated heterocycles. The maximum Gasteiger partial charge on any atom is 0.241 e. The van der Waals surface area contributed by atoms with Crippen LogP contribution < -0.4 is 10.0 Å². The number of carbonyl (C=O) groups is 1. The second-order valence-corrected chi connectivity index (χ2v) is 7.50. The molecule has 1 amide bonds. The molecule has 2 heterocycles. The van der Waals surface area contributed by atoms with Crippen molar-refractivity contribution in [2.45, 2.75) is 24.5 Å². The minimum absolute atomic E-state index is 0. The second-order valence-electron chi connectivity index (χ2n) is 5.73. The lowest BCUT2D eigenvalue weighted by Crippen LogP contribution is -2.41. The lowest BCUT2D eigenvalue weighted by molar-refractivity contribution is -0.129. The van der Waals surface area contributed by atoms with Crippen LogP contribution in [0.3, 0.4) is 0 Å². The van der Waals surface area contributed by atoms with Crippen molar-refractivity contribution in [3.63, 3.8) is 0 Å². The lowest BCUT2D eigenvalue weighted by atomic mass is 10.1. The number of rotatable bonds is 4. The van der Waals surface area contributed by atoms with Gasteiger partial charge in [0.25, 0.3) is 0 Å². The van der Waals surface area contributed by atoms with E-state index in [-0.39, 0.29) is 29.8 Å². The van der Waals surface area contributed by atoms with Crippen LogP contribution in [0.2, 0.25) is 0 Å². The number of hydrogen-bond donors (Lipinski definition) is 2. The van der Waals surface area contributed by atoms with Gasteiger partial charge in [0, 0.05) is 19.6 Å². The third-order valence-corrected chi connectivity index (χ3v) is 5.51. The van der Waals surface area contributed by atoms with Gasteiger partial charge in [-0.25, -0.2) is 13.1 Å². The van der Waals surface area contributed by atoms with Crippen LogP contribution in [0, 0.1) is 0 Å². The summed E-state index contributed by atoms with van der Waals surface area (Å²) >= 11 is 0. The molecule has 3 rings (SSSR count). The number of hydrogen-bond acceptors (Lipinski definition) is 5. The van der Waals surface area contributed by atoms with Crippen molar-refractivity contribution in [3.05, 3.63) is 29.3 Å². The van der Waals surface area contributed by atoms with Gasteiger partial charge < -0.3 is 15.0 Å². The van der Waals surface area contributed by atoms with E-state index in [1.54, 1.807) is 23.1 Å². The predicted octanol–water partition coefficient (Wildman–Crippen LogP) is 0.239. The van der Waals surface area contributed by atoms with E-state index < -0.39 is 10.0 Å². The zero-order valence-corrected chi connectivity index (χ0v) is 14.9. The van der Waals surface area contributed by atoms with Gasteiger partial charge in [-0.1, -0.05) is 6.07 Å². The maximum atomic E-state index is 12.4. The Morgan fingerprint density at radius 2 is 2.00 bits per heavy atom. The molecule has 1 aromatic carbocycles. The smallest absolute Gasteiger partial charge is 0.241 e. The first-order valence-corrected chi connectivity index (χ1v) is 9.22. The number of amides is 1. The van der Waals surface area contributed by atoms with Crippen LogP contribution >= 0.6 is 12.4 Å². The number of carbonyl (C=O) groups excluding carboxylic acids is 1. The van der Waals surface area contributed by atoms with Gasteiger partial charge in [0.15, 0.2) is 0 Å². The fourth-order valence-corrected chi connectivity index (χ4v) is 3.79. The summed E-state index contributed by atoms with van der Waals surface area (Å²) < 4.78 is 32.4. The Hall–Kier alpha value is -1.19. The molecule has 0 atom stereocenters. The SMILES string of the molecule is Cl.O=C(CNS(=O)(=O)c1ccc2c(c1)COC2)N1CCCNCC1. The first-order chi connectivity index (χ1) is 11.1. The molecule has 2 aliphatic heterocycles. The zero-order valence-electron chi connectivity index (χ0n) is 13.3. The predicted molar refractivity (Wildman–Crippen MR) is 91.4 cm³/mol. The van der Waals surface area contributed by atoms with E-state index in [2.05, 4.69) is 10.0 Å². The quantitative estimate of drug-likeness (QED) is 0.787. The molecule has 0 aromatic heterocycles. The summed E-state index contributed by atoms with van der Waals surface area (Å²) in [6, 6.07) is 4.93. The number of halogens is 1. The molecule has 0 saturated carbocycles. The average Bonchev–Trinajstić information content (AvgIpc) is 2.84. The molecule has 0 unspecified atom stereocenters. The molecule has 0 radical (unpaired) electrons. The topological polar surface area (TPSA) is 87.7 Å². The molecule has 2 N–H and O–H groups in total.